The highest BCUT2D eigenvalue weighted by Gasteiger charge is 2.40. The van der Waals surface area contributed by atoms with Crippen molar-refractivity contribution in [1.29, 1.82) is 0 Å². The lowest BCUT2D eigenvalue weighted by molar-refractivity contribution is 0.0953. The first-order valence-electron chi connectivity index (χ1n) is 12.5. The number of benzene rings is 3. The van der Waals surface area contributed by atoms with E-state index in [4.69, 9.17) is 4.98 Å². The van der Waals surface area contributed by atoms with Gasteiger partial charge in [0.15, 0.2) is 11.4 Å². The number of aromatic nitrogens is 2. The van der Waals surface area contributed by atoms with Crippen molar-refractivity contribution in [2.45, 2.75) is 37.8 Å². The van der Waals surface area contributed by atoms with Gasteiger partial charge in [0.2, 0.25) is 0 Å². The van der Waals surface area contributed by atoms with Gasteiger partial charge < -0.3 is 20.3 Å². The standard InChI is InChI=1S/C29H32N4O2/c1-2-17-31-27(34)21-13-14-25-26(20-21)33(24-15-18-30-19-16-24)28(32-25)29(35,22-9-5-3-6-10-22)23-11-7-4-8-12-23/h3-14,20,24,30,35H,2,15-19H2,1H3,(H,31,34). The molecular weight excluding hydrogens is 436 g/mol. The molecule has 0 unspecified atom stereocenters. The molecule has 0 aliphatic carbocycles. The quantitative estimate of drug-likeness (QED) is 0.376. The van der Waals surface area contributed by atoms with Gasteiger partial charge in [0.1, 0.15) is 0 Å². The number of imidazole rings is 1. The Morgan fingerprint density at radius 3 is 2.26 bits per heavy atom. The van der Waals surface area contributed by atoms with Gasteiger partial charge in [-0.1, -0.05) is 67.6 Å². The van der Waals surface area contributed by atoms with E-state index < -0.39 is 5.60 Å². The van der Waals surface area contributed by atoms with Gasteiger partial charge in [0.05, 0.1) is 11.0 Å². The Balaban J connectivity index is 1.75. The molecule has 1 aliphatic heterocycles. The number of piperidine rings is 1. The zero-order valence-corrected chi connectivity index (χ0v) is 20.1. The molecule has 180 valence electrons. The Morgan fingerprint density at radius 2 is 1.66 bits per heavy atom. The van der Waals surface area contributed by atoms with Gasteiger partial charge in [0.25, 0.3) is 5.91 Å². The Hall–Kier alpha value is -3.48. The molecule has 2 heterocycles. The molecule has 3 N–H and O–H groups in total. The third kappa shape index (κ3) is 4.35. The summed E-state index contributed by atoms with van der Waals surface area (Å²) in [5.41, 5.74) is 2.33. The van der Waals surface area contributed by atoms with Crippen LogP contribution in [-0.2, 0) is 5.60 Å². The topological polar surface area (TPSA) is 79.2 Å². The Bertz CT molecular complexity index is 1260. The highest BCUT2D eigenvalue weighted by atomic mass is 16.3. The molecule has 4 aromatic rings. The van der Waals surface area contributed by atoms with Crippen LogP contribution in [0.2, 0.25) is 0 Å². The first-order valence-corrected chi connectivity index (χ1v) is 12.5. The average Bonchev–Trinajstić information content (AvgIpc) is 3.32. The van der Waals surface area contributed by atoms with Crippen molar-refractivity contribution in [3.05, 3.63) is 101 Å². The molecule has 35 heavy (non-hydrogen) atoms. The van der Waals surface area contributed by atoms with Crippen molar-refractivity contribution in [2.75, 3.05) is 19.6 Å². The highest BCUT2D eigenvalue weighted by Crippen LogP contribution is 2.40. The minimum atomic E-state index is -1.45. The molecule has 0 spiro atoms. The Morgan fingerprint density at radius 1 is 1.03 bits per heavy atom. The fraction of sp³-hybridized carbons (Fsp3) is 0.310. The second-order valence-corrected chi connectivity index (χ2v) is 9.19. The third-order valence-electron chi connectivity index (χ3n) is 6.87. The summed E-state index contributed by atoms with van der Waals surface area (Å²) in [5.74, 6) is 0.498. The highest BCUT2D eigenvalue weighted by molar-refractivity contribution is 5.97. The van der Waals surface area contributed by atoms with Gasteiger partial charge in [-0.3, -0.25) is 4.79 Å². The molecule has 0 saturated carbocycles. The minimum absolute atomic E-state index is 0.0882. The molecule has 0 radical (unpaired) electrons. The Labute approximate surface area is 206 Å². The second kappa shape index (κ2) is 10.0. The van der Waals surface area contributed by atoms with Crippen LogP contribution in [0.1, 0.15) is 59.5 Å². The zero-order chi connectivity index (χ0) is 24.3. The number of nitrogens with one attached hydrogen (secondary N) is 2. The Kier molecular flexibility index (Phi) is 6.66. The number of amides is 1. The van der Waals surface area contributed by atoms with E-state index in [1.807, 2.05) is 85.8 Å². The predicted octanol–water partition coefficient (Wildman–Crippen LogP) is 4.38. The molecule has 1 saturated heterocycles. The van der Waals surface area contributed by atoms with E-state index in [9.17, 15) is 9.90 Å². The summed E-state index contributed by atoms with van der Waals surface area (Å²) in [7, 11) is 0. The number of fused-ring (bicyclic) bond motifs is 1. The SMILES string of the molecule is CCCNC(=O)c1ccc2nc(C(O)(c3ccccc3)c3ccccc3)n(C3CCNCC3)c2c1. The van der Waals surface area contributed by atoms with Crippen LogP contribution in [0, 0.1) is 0 Å². The molecule has 6 nitrogen and oxygen atoms in total. The largest absolute Gasteiger partial charge is 0.373 e. The van der Waals surface area contributed by atoms with Crippen LogP contribution in [-0.4, -0.2) is 40.2 Å². The molecular formula is C29H32N4O2. The lowest BCUT2D eigenvalue weighted by Gasteiger charge is -2.33. The third-order valence-corrected chi connectivity index (χ3v) is 6.87. The zero-order valence-electron chi connectivity index (χ0n) is 20.1. The molecule has 0 bridgehead atoms. The molecule has 3 aromatic carbocycles. The lowest BCUT2D eigenvalue weighted by atomic mass is 9.85. The van der Waals surface area contributed by atoms with Crippen molar-refractivity contribution in [1.82, 2.24) is 20.2 Å². The fourth-order valence-corrected chi connectivity index (χ4v) is 5.05. The summed E-state index contributed by atoms with van der Waals surface area (Å²) in [6, 6.07) is 25.3. The van der Waals surface area contributed by atoms with Crippen LogP contribution < -0.4 is 10.6 Å². The smallest absolute Gasteiger partial charge is 0.251 e. The van der Waals surface area contributed by atoms with Crippen LogP contribution >= 0.6 is 0 Å². The summed E-state index contributed by atoms with van der Waals surface area (Å²) in [4.78, 5) is 17.8. The molecule has 1 fully saturated rings. The number of hydrogen-bond donors (Lipinski definition) is 3. The van der Waals surface area contributed by atoms with Crippen molar-refractivity contribution in [3.63, 3.8) is 0 Å². The van der Waals surface area contributed by atoms with Crippen LogP contribution in [0.25, 0.3) is 11.0 Å². The maximum Gasteiger partial charge on any atom is 0.251 e. The van der Waals surface area contributed by atoms with Crippen molar-refractivity contribution in [2.24, 2.45) is 0 Å². The summed E-state index contributed by atoms with van der Waals surface area (Å²) in [5, 5.41) is 19.0. The van der Waals surface area contributed by atoms with E-state index in [0.29, 0.717) is 17.9 Å². The number of nitrogens with zero attached hydrogens (tertiary/aromatic N) is 2. The van der Waals surface area contributed by atoms with Crippen LogP contribution in [0.5, 0.6) is 0 Å². The van der Waals surface area contributed by atoms with Crippen molar-refractivity contribution >= 4 is 16.9 Å². The minimum Gasteiger partial charge on any atom is -0.373 e. The van der Waals surface area contributed by atoms with E-state index in [0.717, 1.165) is 54.5 Å². The van der Waals surface area contributed by atoms with E-state index in [1.165, 1.54) is 0 Å². The van der Waals surface area contributed by atoms with E-state index >= 15 is 0 Å². The van der Waals surface area contributed by atoms with Crippen LogP contribution in [0.4, 0.5) is 0 Å². The van der Waals surface area contributed by atoms with E-state index in [2.05, 4.69) is 15.2 Å². The first kappa shape index (κ1) is 23.3. The molecule has 5 rings (SSSR count). The van der Waals surface area contributed by atoms with E-state index in [1.54, 1.807) is 0 Å². The van der Waals surface area contributed by atoms with Gasteiger partial charge >= 0.3 is 0 Å². The summed E-state index contributed by atoms with van der Waals surface area (Å²) < 4.78 is 2.19. The monoisotopic (exact) mass is 468 g/mol. The number of aliphatic hydroxyl groups is 1. The van der Waals surface area contributed by atoms with Crippen LogP contribution in [0.15, 0.2) is 78.9 Å². The first-order chi connectivity index (χ1) is 17.1. The van der Waals surface area contributed by atoms with Gasteiger partial charge in [-0.2, -0.15) is 0 Å². The van der Waals surface area contributed by atoms with Gasteiger partial charge in [-0.15, -0.1) is 0 Å². The second-order valence-electron chi connectivity index (χ2n) is 9.19. The number of carbonyl (C=O) groups is 1. The number of hydrogen-bond acceptors (Lipinski definition) is 4. The average molecular weight is 469 g/mol. The lowest BCUT2D eigenvalue weighted by Crippen LogP contribution is -2.36. The van der Waals surface area contributed by atoms with E-state index in [-0.39, 0.29) is 11.9 Å². The summed E-state index contributed by atoms with van der Waals surface area (Å²) >= 11 is 0. The number of carbonyl (C=O) groups excluding carboxylic acids is 1. The van der Waals surface area contributed by atoms with Gasteiger partial charge in [-0.05, 0) is 61.7 Å². The molecule has 1 aromatic heterocycles. The van der Waals surface area contributed by atoms with Gasteiger partial charge in [-0.25, -0.2) is 4.98 Å². The van der Waals surface area contributed by atoms with Crippen molar-refractivity contribution in [3.8, 4) is 0 Å². The fourth-order valence-electron chi connectivity index (χ4n) is 5.05. The summed E-state index contributed by atoms with van der Waals surface area (Å²) in [6.07, 6.45) is 2.72. The van der Waals surface area contributed by atoms with Crippen molar-refractivity contribution < 1.29 is 9.90 Å². The maximum atomic E-state index is 12.8. The predicted molar refractivity (Wildman–Crippen MR) is 138 cm³/mol. The molecule has 1 aliphatic rings. The molecule has 0 atom stereocenters. The maximum absolute atomic E-state index is 12.8. The number of rotatable bonds is 7. The summed E-state index contributed by atoms with van der Waals surface area (Å²) in [6.45, 7) is 4.47. The normalized spacial score (nSPS) is 14.8. The van der Waals surface area contributed by atoms with Gasteiger partial charge in [0, 0.05) is 18.2 Å². The molecule has 6 heteroatoms. The molecule has 1 amide bonds. The van der Waals surface area contributed by atoms with Crippen LogP contribution in [0.3, 0.4) is 0 Å².